The number of methoxy groups -OCH3 is 1. The Hall–Kier alpha value is -1.57. The van der Waals surface area contributed by atoms with E-state index in [1.807, 2.05) is 0 Å². The number of aliphatic hydroxyl groups is 6. The highest BCUT2D eigenvalue weighted by Gasteiger charge is 2.55. The first-order valence-electron chi connectivity index (χ1n) is 8.69. The fourth-order valence-corrected chi connectivity index (χ4v) is 3.71. The molecule has 6 N–H and O–H groups in total. The van der Waals surface area contributed by atoms with Crippen molar-refractivity contribution in [3.63, 3.8) is 0 Å². The van der Waals surface area contributed by atoms with Crippen molar-refractivity contribution in [3.8, 4) is 0 Å². The quantitative estimate of drug-likeness (QED) is 0.200. The molecule has 11 heteroatoms. The van der Waals surface area contributed by atoms with E-state index in [0.717, 1.165) is 6.26 Å². The van der Waals surface area contributed by atoms with Crippen LogP contribution in [0.5, 0.6) is 0 Å². The molecule has 11 nitrogen and oxygen atoms in total. The summed E-state index contributed by atoms with van der Waals surface area (Å²) >= 11 is 0. The van der Waals surface area contributed by atoms with Crippen molar-refractivity contribution in [2.45, 2.75) is 42.6 Å². The van der Waals surface area contributed by atoms with Gasteiger partial charge in [-0.1, -0.05) is 12.2 Å². The van der Waals surface area contributed by atoms with Gasteiger partial charge in [-0.3, -0.25) is 0 Å². The molecule has 0 aromatic heterocycles. The smallest absolute Gasteiger partial charge is 0.337 e. The minimum Gasteiger partial charge on any atom is -0.471 e. The summed E-state index contributed by atoms with van der Waals surface area (Å²) in [7, 11) is 1.19. The molecule has 0 radical (unpaired) electrons. The van der Waals surface area contributed by atoms with Crippen molar-refractivity contribution in [2.75, 3.05) is 20.3 Å². The molecule has 1 fully saturated rings. The molecule has 0 saturated carbocycles. The average molecular weight is 404 g/mol. The summed E-state index contributed by atoms with van der Waals surface area (Å²) in [5.74, 6) is -2.40. The van der Waals surface area contributed by atoms with Crippen LogP contribution >= 0.6 is 0 Å². The fourth-order valence-electron chi connectivity index (χ4n) is 3.71. The molecule has 2 aliphatic heterocycles. The van der Waals surface area contributed by atoms with Crippen molar-refractivity contribution in [2.24, 2.45) is 11.8 Å². The predicted molar refractivity (Wildman–Crippen MR) is 88.0 cm³/mol. The molecule has 2 heterocycles. The van der Waals surface area contributed by atoms with Crippen molar-refractivity contribution < 1.29 is 54.4 Å². The zero-order chi connectivity index (χ0) is 20.6. The van der Waals surface area contributed by atoms with E-state index in [1.165, 1.54) is 19.3 Å². The van der Waals surface area contributed by atoms with Crippen LogP contribution in [0.1, 0.15) is 0 Å². The summed E-state index contributed by atoms with van der Waals surface area (Å²) in [5, 5.41) is 59.5. The SMILES string of the molecule is COC(=O)C1=CO[C@@H](OC2O[C@H](CO)[C@@H](O)[C@H](O)[C@H]2O)[C@H]2[C@@H]1C=C[C@@]2(O)CO. The molecule has 0 aromatic carbocycles. The second-order valence-electron chi connectivity index (χ2n) is 6.96. The van der Waals surface area contributed by atoms with E-state index in [4.69, 9.17) is 18.9 Å². The monoisotopic (exact) mass is 404 g/mol. The molecule has 1 unspecified atom stereocenters. The lowest BCUT2D eigenvalue weighted by atomic mass is 9.79. The van der Waals surface area contributed by atoms with Gasteiger partial charge in [-0.25, -0.2) is 4.79 Å². The summed E-state index contributed by atoms with van der Waals surface area (Å²) in [6.45, 7) is -1.34. The zero-order valence-electron chi connectivity index (χ0n) is 15.0. The first-order valence-corrected chi connectivity index (χ1v) is 8.69. The molecule has 1 aliphatic carbocycles. The lowest BCUT2D eigenvalue weighted by Gasteiger charge is -2.44. The van der Waals surface area contributed by atoms with Gasteiger partial charge in [-0.05, 0) is 0 Å². The van der Waals surface area contributed by atoms with E-state index < -0.39 is 73.6 Å². The van der Waals surface area contributed by atoms with Crippen molar-refractivity contribution in [1.29, 1.82) is 0 Å². The second kappa shape index (κ2) is 8.05. The van der Waals surface area contributed by atoms with Crippen LogP contribution in [-0.2, 0) is 23.7 Å². The van der Waals surface area contributed by atoms with Gasteiger partial charge in [-0.15, -0.1) is 0 Å². The van der Waals surface area contributed by atoms with Crippen molar-refractivity contribution in [3.05, 3.63) is 24.0 Å². The van der Waals surface area contributed by atoms with Crippen LogP contribution in [0.25, 0.3) is 0 Å². The number of hydrogen-bond acceptors (Lipinski definition) is 11. The lowest BCUT2D eigenvalue weighted by molar-refractivity contribution is -0.346. The Labute approximate surface area is 160 Å². The van der Waals surface area contributed by atoms with E-state index in [9.17, 15) is 35.4 Å². The molecule has 3 aliphatic rings. The topological polar surface area (TPSA) is 175 Å². The van der Waals surface area contributed by atoms with Crippen LogP contribution < -0.4 is 0 Å². The van der Waals surface area contributed by atoms with Crippen LogP contribution in [0, 0.1) is 11.8 Å². The van der Waals surface area contributed by atoms with E-state index in [2.05, 4.69) is 0 Å². The van der Waals surface area contributed by atoms with Crippen LogP contribution in [0.4, 0.5) is 0 Å². The maximum absolute atomic E-state index is 12.0. The number of carbonyl (C=O) groups excluding carboxylic acids is 1. The Morgan fingerprint density at radius 3 is 2.50 bits per heavy atom. The third-order valence-electron chi connectivity index (χ3n) is 5.33. The van der Waals surface area contributed by atoms with Crippen LogP contribution in [0.3, 0.4) is 0 Å². The molecule has 9 atom stereocenters. The van der Waals surface area contributed by atoms with Gasteiger partial charge in [0.05, 0.1) is 38.1 Å². The molecular weight excluding hydrogens is 380 g/mol. The van der Waals surface area contributed by atoms with E-state index in [1.54, 1.807) is 0 Å². The van der Waals surface area contributed by atoms with Gasteiger partial charge in [0, 0.05) is 5.92 Å². The Kier molecular flexibility index (Phi) is 6.08. The maximum Gasteiger partial charge on any atom is 0.337 e. The normalized spacial score (nSPS) is 45.2. The largest absolute Gasteiger partial charge is 0.471 e. The molecule has 1 saturated heterocycles. The number of hydrogen-bond donors (Lipinski definition) is 6. The number of aliphatic hydroxyl groups excluding tert-OH is 5. The summed E-state index contributed by atoms with van der Waals surface area (Å²) in [6.07, 6.45) is -4.99. The first-order chi connectivity index (χ1) is 13.3. The molecule has 28 heavy (non-hydrogen) atoms. The van der Waals surface area contributed by atoms with Gasteiger partial charge in [0.25, 0.3) is 0 Å². The van der Waals surface area contributed by atoms with Crippen molar-refractivity contribution >= 4 is 5.97 Å². The number of fused-ring (bicyclic) bond motifs is 1. The summed E-state index contributed by atoms with van der Waals surface area (Å²) < 4.78 is 21.0. The Morgan fingerprint density at radius 1 is 1.18 bits per heavy atom. The Balaban J connectivity index is 1.85. The molecule has 158 valence electrons. The van der Waals surface area contributed by atoms with Gasteiger partial charge < -0.3 is 49.6 Å². The molecule has 0 amide bonds. The van der Waals surface area contributed by atoms with Crippen LogP contribution in [-0.4, -0.2) is 99.5 Å². The standard InChI is InChI=1S/C17H24O11/c1-25-14(23)8-5-26-15(10-7(8)2-3-17(10,24)6-19)28-16-13(22)12(21)11(20)9(4-18)27-16/h2-3,5,7,9-13,15-16,18-22,24H,4,6H2,1H3/t7-,9-,10-,11-,12+,13-,15+,16?,17-/m1/s1. The molecule has 0 bridgehead atoms. The Bertz CT molecular complexity index is 647. The number of esters is 1. The number of carbonyl (C=O) groups is 1. The average Bonchev–Trinajstić information content (AvgIpc) is 3.06. The summed E-state index contributed by atoms with van der Waals surface area (Å²) in [5.41, 5.74) is -1.70. The fraction of sp³-hybridized carbons (Fsp3) is 0.706. The summed E-state index contributed by atoms with van der Waals surface area (Å²) in [6, 6.07) is 0. The highest BCUT2D eigenvalue weighted by Crippen LogP contribution is 2.45. The third kappa shape index (κ3) is 3.44. The van der Waals surface area contributed by atoms with Gasteiger partial charge in [0.1, 0.15) is 30.0 Å². The van der Waals surface area contributed by atoms with Gasteiger partial charge in [0.15, 0.2) is 6.29 Å². The molecule has 0 spiro atoms. The maximum atomic E-state index is 12.0. The minimum absolute atomic E-state index is 0.0989. The van der Waals surface area contributed by atoms with Crippen LogP contribution in [0.2, 0.25) is 0 Å². The predicted octanol–water partition coefficient (Wildman–Crippen LogP) is -3.26. The minimum atomic E-state index is -1.79. The lowest BCUT2D eigenvalue weighted by Crippen LogP contribution is -2.61. The van der Waals surface area contributed by atoms with Crippen LogP contribution in [0.15, 0.2) is 24.0 Å². The highest BCUT2D eigenvalue weighted by molar-refractivity contribution is 5.89. The number of rotatable bonds is 5. The van der Waals surface area contributed by atoms with E-state index >= 15 is 0 Å². The molecule has 0 aromatic rings. The number of allylic oxidation sites excluding steroid dienone is 1. The Morgan fingerprint density at radius 2 is 1.89 bits per heavy atom. The van der Waals surface area contributed by atoms with Gasteiger partial charge in [0.2, 0.25) is 6.29 Å². The summed E-state index contributed by atoms with van der Waals surface area (Å²) in [4.78, 5) is 12.0. The third-order valence-corrected chi connectivity index (χ3v) is 5.33. The first kappa shape index (κ1) is 21.1. The molecular formula is C17H24O11. The van der Waals surface area contributed by atoms with Crippen molar-refractivity contribution in [1.82, 2.24) is 0 Å². The van der Waals surface area contributed by atoms with E-state index in [-0.39, 0.29) is 5.57 Å². The second-order valence-corrected chi connectivity index (χ2v) is 6.96. The van der Waals surface area contributed by atoms with E-state index in [0.29, 0.717) is 0 Å². The van der Waals surface area contributed by atoms with Gasteiger partial charge in [-0.2, -0.15) is 0 Å². The zero-order valence-corrected chi connectivity index (χ0v) is 15.0. The highest BCUT2D eigenvalue weighted by atomic mass is 16.8. The molecule has 3 rings (SSSR count). The number of ether oxygens (including phenoxy) is 4. The van der Waals surface area contributed by atoms with Gasteiger partial charge >= 0.3 is 5.97 Å².